The molecule has 2 fully saturated rings. The molecule has 2 aliphatic rings. The number of rotatable bonds is 13. The molecule has 0 bridgehead atoms. The maximum atomic E-state index is 15.5. The Kier molecular flexibility index (Phi) is 11.2. The Hall–Kier alpha value is -4.07. The zero-order valence-corrected chi connectivity index (χ0v) is 32.5. The van der Waals surface area contributed by atoms with Crippen molar-refractivity contribution in [1.82, 2.24) is 9.29 Å². The van der Waals surface area contributed by atoms with Gasteiger partial charge in [0.2, 0.25) is 5.91 Å². The minimum Gasteiger partial charge on any atom is -0.488 e. The van der Waals surface area contributed by atoms with Crippen molar-refractivity contribution >= 4 is 44.5 Å². The predicted molar refractivity (Wildman–Crippen MR) is 200 cm³/mol. The van der Waals surface area contributed by atoms with Crippen LogP contribution in [0.5, 0.6) is 5.75 Å². The lowest BCUT2D eigenvalue weighted by Gasteiger charge is -2.30. The highest BCUT2D eigenvalue weighted by Gasteiger charge is 2.34. The summed E-state index contributed by atoms with van der Waals surface area (Å²) < 4.78 is 66.7. The molecule has 0 spiro atoms. The largest absolute Gasteiger partial charge is 0.488 e. The molecule has 1 heterocycles. The van der Waals surface area contributed by atoms with Crippen molar-refractivity contribution in [3.05, 3.63) is 116 Å². The molecule has 13 heteroatoms. The number of carboxylic acid groups (broad SMARTS) is 1. The van der Waals surface area contributed by atoms with Crippen LogP contribution in [-0.4, -0.2) is 43.1 Å². The van der Waals surface area contributed by atoms with Gasteiger partial charge < -0.3 is 14.7 Å². The van der Waals surface area contributed by atoms with Crippen LogP contribution in [0.2, 0.25) is 0 Å². The molecule has 1 amide bonds. The van der Waals surface area contributed by atoms with Crippen molar-refractivity contribution < 1.29 is 36.8 Å². The van der Waals surface area contributed by atoms with Gasteiger partial charge in [-0.25, -0.2) is 26.5 Å². The summed E-state index contributed by atoms with van der Waals surface area (Å²) >= 11 is 2.99. The highest BCUT2D eigenvalue weighted by molar-refractivity contribution is 9.10. The lowest BCUT2D eigenvalue weighted by atomic mass is 9.84. The number of halogens is 4. The third kappa shape index (κ3) is 8.68. The van der Waals surface area contributed by atoms with E-state index in [0.717, 1.165) is 59.2 Å². The van der Waals surface area contributed by atoms with Crippen LogP contribution in [0.4, 0.5) is 18.9 Å². The quantitative estimate of drug-likeness (QED) is 0.135. The van der Waals surface area contributed by atoms with Crippen molar-refractivity contribution in [3.63, 3.8) is 0 Å². The average molecular weight is 813 g/mol. The number of nitrogens with zero attached hydrogens (tertiary/aromatic N) is 3. The van der Waals surface area contributed by atoms with Crippen LogP contribution in [0, 0.1) is 31.3 Å². The molecule has 1 unspecified atom stereocenters. The Bertz CT molecular complexity index is 2090. The molecule has 2 aliphatic carbocycles. The number of hydrogen-bond donors (Lipinski definition) is 1. The fourth-order valence-electron chi connectivity index (χ4n) is 5.98. The molecule has 0 radical (unpaired) electrons. The number of anilines is 1. The smallest absolute Gasteiger partial charge is 0.335 e. The predicted octanol–water partition coefficient (Wildman–Crippen LogP) is 9.05. The van der Waals surface area contributed by atoms with E-state index in [1.54, 1.807) is 19.2 Å². The second-order valence-electron chi connectivity index (χ2n) is 14.8. The number of pyridine rings is 1. The number of hydrogen-bond acceptors (Lipinski definition) is 5. The number of amides is 1. The second-order valence-corrected chi connectivity index (χ2v) is 17.0. The maximum Gasteiger partial charge on any atom is 0.335 e. The maximum absolute atomic E-state index is 15.5. The van der Waals surface area contributed by atoms with Crippen LogP contribution in [0.1, 0.15) is 96.1 Å². The van der Waals surface area contributed by atoms with Gasteiger partial charge in [0.1, 0.15) is 27.4 Å². The zero-order valence-electron chi connectivity index (χ0n) is 30.1. The van der Waals surface area contributed by atoms with E-state index in [4.69, 9.17) is 4.74 Å². The molecule has 1 aromatic heterocycles. The number of carbonyl (C=O) groups is 2. The first kappa shape index (κ1) is 38.6. The summed E-state index contributed by atoms with van der Waals surface area (Å²) in [5.74, 6) is -5.24. The van der Waals surface area contributed by atoms with Crippen LogP contribution in [-0.2, 0) is 34.3 Å². The molecule has 3 aromatic carbocycles. The highest BCUT2D eigenvalue weighted by Crippen LogP contribution is 2.43. The van der Waals surface area contributed by atoms with Crippen molar-refractivity contribution in [2.24, 2.45) is 0 Å². The van der Waals surface area contributed by atoms with Crippen LogP contribution < -0.4 is 9.64 Å². The van der Waals surface area contributed by atoms with E-state index < -0.39 is 61.8 Å². The number of carboxylic acids is 1. The number of benzene rings is 3. The molecule has 1 N–H and O–H groups in total. The summed E-state index contributed by atoms with van der Waals surface area (Å²) in [7, 11) is -2.61. The monoisotopic (exact) mass is 811 g/mol. The Morgan fingerprint density at radius 3 is 2.32 bits per heavy atom. The molecule has 6 rings (SSSR count). The van der Waals surface area contributed by atoms with Gasteiger partial charge in [-0.15, -0.1) is 0 Å². The Labute approximate surface area is 318 Å². The van der Waals surface area contributed by atoms with E-state index in [9.17, 15) is 23.3 Å². The Morgan fingerprint density at radius 1 is 0.981 bits per heavy atom. The molecule has 0 saturated heterocycles. The number of ether oxygens (including phenoxy) is 1. The summed E-state index contributed by atoms with van der Waals surface area (Å²) in [6.07, 6.45) is 6.60. The lowest BCUT2D eigenvalue weighted by molar-refractivity contribution is -0.119. The van der Waals surface area contributed by atoms with Crippen LogP contribution >= 0.6 is 15.9 Å². The summed E-state index contributed by atoms with van der Waals surface area (Å²) in [6.45, 7) is 8.45. The third-order valence-corrected chi connectivity index (χ3v) is 12.0. The summed E-state index contributed by atoms with van der Waals surface area (Å²) in [6, 6.07) is 12.3. The lowest BCUT2D eigenvalue weighted by Crippen LogP contribution is -2.41. The van der Waals surface area contributed by atoms with Gasteiger partial charge in [-0.3, -0.25) is 9.78 Å². The Morgan fingerprint density at radius 2 is 1.70 bits per heavy atom. The van der Waals surface area contributed by atoms with Gasteiger partial charge in [-0.05, 0) is 119 Å². The summed E-state index contributed by atoms with van der Waals surface area (Å²) in [5.41, 5.74) is 3.84. The SMILES string of the molecule is Cc1ccncc1CN(CC(=O)N(Cc1cc(C2CC2)cc(C(C)(C)C)c1)c1ccc(C(=O)O)cc1OC1CC1)S(=O)c1c(F)c(F)c(C)c(F)c1Br. The number of aromatic nitrogens is 1. The number of carbonyl (C=O) groups excluding carboxylic acids is 1. The molecule has 4 aromatic rings. The van der Waals surface area contributed by atoms with Gasteiger partial charge >= 0.3 is 5.97 Å². The molecule has 53 heavy (non-hydrogen) atoms. The van der Waals surface area contributed by atoms with Crippen molar-refractivity contribution in [2.75, 3.05) is 11.4 Å². The topological polar surface area (TPSA) is 100 Å². The number of aryl methyl sites for hydroxylation is 1. The van der Waals surface area contributed by atoms with E-state index in [1.165, 1.54) is 29.3 Å². The summed E-state index contributed by atoms with van der Waals surface area (Å²) in [5, 5.41) is 9.81. The van der Waals surface area contributed by atoms with Gasteiger partial charge in [-0.2, -0.15) is 0 Å². The molecular weight excluding hydrogens is 771 g/mol. The molecule has 8 nitrogen and oxygen atoms in total. The van der Waals surface area contributed by atoms with Crippen LogP contribution in [0.25, 0.3) is 0 Å². The second kappa shape index (κ2) is 15.3. The normalized spacial score (nSPS) is 15.1. The minimum absolute atomic E-state index is 0.0268. The molecule has 1 atom stereocenters. The summed E-state index contributed by atoms with van der Waals surface area (Å²) in [4.78, 5) is 31.7. The third-order valence-electron chi connectivity index (χ3n) is 9.54. The van der Waals surface area contributed by atoms with Gasteiger partial charge in [0.05, 0.1) is 34.9 Å². The fraction of sp³-hybridized carbons (Fsp3) is 0.375. The fourth-order valence-corrected chi connectivity index (χ4v) is 8.10. The molecule has 2 saturated carbocycles. The molecule has 280 valence electrons. The van der Waals surface area contributed by atoms with Crippen LogP contribution in [0.15, 0.2) is 64.2 Å². The van der Waals surface area contributed by atoms with Gasteiger partial charge in [0, 0.05) is 24.5 Å². The first-order valence-corrected chi connectivity index (χ1v) is 19.3. The number of aromatic carboxylic acids is 1. The first-order valence-electron chi connectivity index (χ1n) is 17.4. The average Bonchev–Trinajstić information content (AvgIpc) is 4.05. The van der Waals surface area contributed by atoms with Crippen molar-refractivity contribution in [1.29, 1.82) is 0 Å². The first-order chi connectivity index (χ1) is 25.0. The van der Waals surface area contributed by atoms with E-state index in [1.807, 2.05) is 6.07 Å². The zero-order chi connectivity index (χ0) is 38.4. The Balaban J connectivity index is 1.47. The molecule has 0 aliphatic heterocycles. The van der Waals surface area contributed by atoms with Gasteiger partial charge in [-0.1, -0.05) is 39.0 Å². The standard InChI is InChI=1S/C40H41BrF3N3O5S/c1-22-12-13-45-18-28(22)20-46(53(51)38-34(41)35(42)23(2)36(43)37(38)44)21-33(48)47(31-11-8-26(39(49)50)17-32(31)52-30-9-10-30)19-24-14-27(25-6-7-25)16-29(15-24)40(3,4)5/h8,11-18,25,30H,6-7,9-10,19-21H2,1-5H3,(H,49,50). The van der Waals surface area contributed by atoms with Crippen molar-refractivity contribution in [2.45, 2.75) is 95.7 Å². The van der Waals surface area contributed by atoms with Crippen LogP contribution in [0.3, 0.4) is 0 Å². The minimum atomic E-state index is -2.61. The van der Waals surface area contributed by atoms with E-state index in [0.29, 0.717) is 17.2 Å². The van der Waals surface area contributed by atoms with Crippen molar-refractivity contribution in [3.8, 4) is 5.75 Å². The van der Waals surface area contributed by atoms with E-state index >= 15 is 8.78 Å². The molecular formula is C40H41BrF3N3O5S. The van der Waals surface area contributed by atoms with E-state index in [-0.39, 0.29) is 35.9 Å². The highest BCUT2D eigenvalue weighted by atomic mass is 79.9. The van der Waals surface area contributed by atoms with E-state index in [2.05, 4.69) is 53.8 Å². The van der Waals surface area contributed by atoms with Gasteiger partial charge in [0.15, 0.2) is 11.6 Å². The van der Waals surface area contributed by atoms with Gasteiger partial charge in [0.25, 0.3) is 0 Å².